The molecule has 8 heteroatoms. The zero-order valence-electron chi connectivity index (χ0n) is 11.9. The fraction of sp³-hybridized carbons (Fsp3) is 0. The van der Waals surface area contributed by atoms with E-state index in [1.165, 1.54) is 30.3 Å². The number of halogens is 1. The number of hydrogen-bond acceptors (Lipinski definition) is 4. The second kappa shape index (κ2) is 5.78. The van der Waals surface area contributed by atoms with Gasteiger partial charge in [-0.05, 0) is 29.8 Å². The number of aromatic carboxylic acids is 1. The molecule has 24 heavy (non-hydrogen) atoms. The minimum Gasteiger partial charge on any atom is -0.478 e. The van der Waals surface area contributed by atoms with Gasteiger partial charge in [-0.15, -0.1) is 0 Å². The third-order valence-electron chi connectivity index (χ3n) is 3.54. The lowest BCUT2D eigenvalue weighted by atomic mass is 10.0. The van der Waals surface area contributed by atoms with Crippen molar-refractivity contribution in [2.45, 2.75) is 0 Å². The Morgan fingerprint density at radius 2 is 1.92 bits per heavy atom. The van der Waals surface area contributed by atoms with Gasteiger partial charge in [0.05, 0.1) is 16.2 Å². The number of hydrogen-bond donors (Lipinski definition) is 2. The third-order valence-corrected chi connectivity index (χ3v) is 3.84. The molecule has 0 spiro atoms. The van der Waals surface area contributed by atoms with Gasteiger partial charge in [0.2, 0.25) is 0 Å². The highest BCUT2D eigenvalue weighted by atomic mass is 35.5. The van der Waals surface area contributed by atoms with Crippen LogP contribution in [0.5, 0.6) is 0 Å². The number of benzene rings is 2. The molecule has 2 N–H and O–H groups in total. The molecule has 0 radical (unpaired) electrons. The van der Waals surface area contributed by atoms with E-state index in [0.717, 1.165) is 0 Å². The number of carbonyl (C=O) groups excluding carboxylic acids is 1. The van der Waals surface area contributed by atoms with Gasteiger partial charge in [0.15, 0.2) is 0 Å². The van der Waals surface area contributed by atoms with Crippen molar-refractivity contribution in [1.29, 1.82) is 0 Å². The molecule has 0 unspecified atom stereocenters. The van der Waals surface area contributed by atoms with E-state index < -0.39 is 16.8 Å². The molecule has 1 aliphatic rings. The second-order valence-corrected chi connectivity index (χ2v) is 5.45. The first kappa shape index (κ1) is 15.7. The van der Waals surface area contributed by atoms with Gasteiger partial charge in [0.25, 0.3) is 11.6 Å². The average Bonchev–Trinajstić information content (AvgIpc) is 2.81. The summed E-state index contributed by atoms with van der Waals surface area (Å²) in [6.07, 6.45) is 1.53. The van der Waals surface area contributed by atoms with Crippen LogP contribution in [-0.4, -0.2) is 21.9 Å². The van der Waals surface area contributed by atoms with Crippen LogP contribution in [0.1, 0.15) is 21.5 Å². The molecule has 0 bridgehead atoms. The molecule has 1 aliphatic heterocycles. The van der Waals surface area contributed by atoms with Crippen LogP contribution < -0.4 is 5.32 Å². The SMILES string of the molecule is O=C1Nc2cc(Cl)c([N+](=O)[O-])cc2/C1=C\c1ccc(C(=O)O)cc1. The molecule has 0 aromatic heterocycles. The molecule has 120 valence electrons. The van der Waals surface area contributed by atoms with Gasteiger partial charge in [-0.2, -0.15) is 0 Å². The number of carbonyl (C=O) groups is 2. The molecule has 2 aromatic rings. The van der Waals surface area contributed by atoms with Gasteiger partial charge in [0.1, 0.15) is 5.02 Å². The molecule has 2 aromatic carbocycles. The Morgan fingerprint density at radius 1 is 1.25 bits per heavy atom. The molecule has 0 atom stereocenters. The van der Waals surface area contributed by atoms with E-state index in [1.54, 1.807) is 12.1 Å². The number of carboxylic acid groups (broad SMARTS) is 1. The molecule has 3 rings (SSSR count). The maximum atomic E-state index is 12.1. The number of nitrogens with zero attached hydrogens (tertiary/aromatic N) is 1. The van der Waals surface area contributed by atoms with Gasteiger partial charge in [-0.25, -0.2) is 4.79 Å². The minimum atomic E-state index is -1.05. The maximum absolute atomic E-state index is 12.1. The number of amides is 1. The summed E-state index contributed by atoms with van der Waals surface area (Å²) in [7, 11) is 0. The van der Waals surface area contributed by atoms with E-state index in [0.29, 0.717) is 16.8 Å². The lowest BCUT2D eigenvalue weighted by Gasteiger charge is -2.01. The van der Waals surface area contributed by atoms with E-state index in [1.807, 2.05) is 0 Å². The zero-order chi connectivity index (χ0) is 17.4. The Hall–Kier alpha value is -3.19. The molecule has 1 heterocycles. The number of carboxylic acids is 1. The number of nitrogens with one attached hydrogen (secondary N) is 1. The van der Waals surface area contributed by atoms with Gasteiger partial charge >= 0.3 is 5.97 Å². The van der Waals surface area contributed by atoms with Crippen molar-refractivity contribution >= 4 is 46.5 Å². The Kier molecular flexibility index (Phi) is 3.78. The topological polar surface area (TPSA) is 110 Å². The first-order chi connectivity index (χ1) is 11.4. The molecule has 0 saturated heterocycles. The number of anilines is 1. The first-order valence-electron chi connectivity index (χ1n) is 6.71. The van der Waals surface area contributed by atoms with Crippen molar-refractivity contribution in [3.05, 3.63) is 68.2 Å². The zero-order valence-corrected chi connectivity index (χ0v) is 12.7. The summed E-state index contributed by atoms with van der Waals surface area (Å²) in [6, 6.07) is 8.49. The summed E-state index contributed by atoms with van der Waals surface area (Å²) >= 11 is 5.84. The largest absolute Gasteiger partial charge is 0.478 e. The van der Waals surface area contributed by atoms with Gasteiger partial charge < -0.3 is 10.4 Å². The highest BCUT2D eigenvalue weighted by Gasteiger charge is 2.28. The molecule has 7 nitrogen and oxygen atoms in total. The van der Waals surface area contributed by atoms with Crippen molar-refractivity contribution in [2.75, 3.05) is 5.32 Å². The highest BCUT2D eigenvalue weighted by Crippen LogP contribution is 2.39. The van der Waals surface area contributed by atoms with Crippen LogP contribution in [0.2, 0.25) is 5.02 Å². The predicted molar refractivity (Wildman–Crippen MR) is 88.0 cm³/mol. The Bertz CT molecular complexity index is 919. The monoisotopic (exact) mass is 344 g/mol. The highest BCUT2D eigenvalue weighted by molar-refractivity contribution is 6.37. The van der Waals surface area contributed by atoms with Crippen LogP contribution in [0, 0.1) is 10.1 Å². The first-order valence-corrected chi connectivity index (χ1v) is 7.09. The van der Waals surface area contributed by atoms with Crippen molar-refractivity contribution < 1.29 is 19.6 Å². The second-order valence-electron chi connectivity index (χ2n) is 5.05. The Balaban J connectivity index is 2.07. The lowest BCUT2D eigenvalue weighted by molar-refractivity contribution is -0.384. The lowest BCUT2D eigenvalue weighted by Crippen LogP contribution is -2.03. The number of fused-ring (bicyclic) bond motifs is 1. The van der Waals surface area contributed by atoms with Crippen LogP contribution in [0.25, 0.3) is 11.6 Å². The summed E-state index contributed by atoms with van der Waals surface area (Å²) in [4.78, 5) is 33.4. The molecule has 0 saturated carbocycles. The average molecular weight is 345 g/mol. The normalized spacial score (nSPS) is 14.4. The van der Waals surface area contributed by atoms with Gasteiger partial charge in [-0.3, -0.25) is 14.9 Å². The summed E-state index contributed by atoms with van der Waals surface area (Å²) in [5.74, 6) is -1.47. The molecular formula is C16H9ClN2O5. The van der Waals surface area contributed by atoms with Crippen molar-refractivity contribution in [3.63, 3.8) is 0 Å². The van der Waals surface area contributed by atoms with Gasteiger partial charge in [-0.1, -0.05) is 23.7 Å². The standard InChI is InChI=1S/C16H9ClN2O5/c17-12-7-13-10(6-14(12)19(23)24)11(15(20)18-13)5-8-1-3-9(4-2-8)16(21)22/h1-7H,(H,18,20)(H,21,22)/b11-5+. The molecular weight excluding hydrogens is 336 g/mol. The van der Waals surface area contributed by atoms with Crippen LogP contribution in [0.15, 0.2) is 36.4 Å². The quantitative estimate of drug-likeness (QED) is 0.503. The number of nitro benzene ring substituents is 1. The van der Waals surface area contributed by atoms with Crippen LogP contribution in [0.4, 0.5) is 11.4 Å². The third kappa shape index (κ3) is 2.72. The number of rotatable bonds is 3. The van der Waals surface area contributed by atoms with E-state index in [4.69, 9.17) is 16.7 Å². The van der Waals surface area contributed by atoms with E-state index in [2.05, 4.69) is 5.32 Å². The van der Waals surface area contributed by atoms with E-state index in [-0.39, 0.29) is 21.8 Å². The predicted octanol–water partition coefficient (Wildman–Crippen LogP) is 3.44. The summed E-state index contributed by atoms with van der Waals surface area (Å²) in [6.45, 7) is 0. The maximum Gasteiger partial charge on any atom is 0.335 e. The Labute approximate surface area is 140 Å². The fourth-order valence-corrected chi connectivity index (χ4v) is 2.60. The summed E-state index contributed by atoms with van der Waals surface area (Å²) in [5.41, 5.74) is 1.43. The van der Waals surface area contributed by atoms with Gasteiger partial charge in [0, 0.05) is 17.2 Å². The van der Waals surface area contributed by atoms with E-state index in [9.17, 15) is 19.7 Å². The van der Waals surface area contributed by atoms with Crippen LogP contribution >= 0.6 is 11.6 Å². The van der Waals surface area contributed by atoms with Crippen LogP contribution in [0.3, 0.4) is 0 Å². The van der Waals surface area contributed by atoms with Crippen molar-refractivity contribution in [2.24, 2.45) is 0 Å². The Morgan fingerprint density at radius 3 is 2.50 bits per heavy atom. The smallest absolute Gasteiger partial charge is 0.335 e. The van der Waals surface area contributed by atoms with E-state index >= 15 is 0 Å². The summed E-state index contributed by atoms with van der Waals surface area (Å²) in [5, 5.41) is 22.4. The molecule has 0 aliphatic carbocycles. The minimum absolute atomic E-state index is 0.0638. The number of nitro groups is 1. The fourth-order valence-electron chi connectivity index (χ4n) is 2.37. The molecule has 1 amide bonds. The van der Waals surface area contributed by atoms with Crippen molar-refractivity contribution in [1.82, 2.24) is 0 Å². The molecule has 0 fully saturated rings. The van der Waals surface area contributed by atoms with Crippen molar-refractivity contribution in [3.8, 4) is 0 Å². The van der Waals surface area contributed by atoms with Crippen LogP contribution in [-0.2, 0) is 4.79 Å². The summed E-state index contributed by atoms with van der Waals surface area (Å²) < 4.78 is 0.